The van der Waals surface area contributed by atoms with E-state index in [0.29, 0.717) is 12.1 Å². The summed E-state index contributed by atoms with van der Waals surface area (Å²) in [5.41, 5.74) is -0.0859. The fourth-order valence-corrected chi connectivity index (χ4v) is 2.76. The number of hydrogen-bond donors (Lipinski definition) is 2. The zero-order valence-electron chi connectivity index (χ0n) is 12.2. The molecule has 0 aromatic rings. The molecule has 4 heteroatoms. The Morgan fingerprint density at radius 3 is 2.56 bits per heavy atom. The Labute approximate surface area is 111 Å². The summed E-state index contributed by atoms with van der Waals surface area (Å²) in [5, 5.41) is 13.2. The summed E-state index contributed by atoms with van der Waals surface area (Å²) in [6.07, 6.45) is 4.88. The van der Waals surface area contributed by atoms with E-state index >= 15 is 0 Å². The summed E-state index contributed by atoms with van der Waals surface area (Å²) in [6.45, 7) is 5.88. The Kier molecular flexibility index (Phi) is 4.64. The molecule has 1 heterocycles. The lowest BCUT2D eigenvalue weighted by atomic mass is 9.98. The van der Waals surface area contributed by atoms with Gasteiger partial charge in [-0.3, -0.25) is 0 Å². The maximum Gasteiger partial charge on any atom is 0.0611 e. The van der Waals surface area contributed by atoms with E-state index in [9.17, 15) is 5.11 Å². The number of nitrogens with zero attached hydrogens (tertiary/aromatic N) is 2. The van der Waals surface area contributed by atoms with Gasteiger partial charge in [0, 0.05) is 30.7 Å². The number of likely N-dealkylation sites (tertiary alicyclic amines) is 1. The van der Waals surface area contributed by atoms with Crippen LogP contribution >= 0.6 is 0 Å². The van der Waals surface area contributed by atoms with E-state index in [0.717, 1.165) is 13.0 Å². The van der Waals surface area contributed by atoms with Gasteiger partial charge in [0.2, 0.25) is 0 Å². The molecule has 0 bridgehead atoms. The van der Waals surface area contributed by atoms with E-state index in [4.69, 9.17) is 0 Å². The summed E-state index contributed by atoms with van der Waals surface area (Å²) in [4.78, 5) is 4.86. The highest BCUT2D eigenvalue weighted by atomic mass is 16.3. The van der Waals surface area contributed by atoms with E-state index in [1.54, 1.807) is 0 Å². The molecule has 1 saturated heterocycles. The molecule has 2 fully saturated rings. The molecular weight excluding hydrogens is 226 g/mol. The van der Waals surface area contributed by atoms with Crippen LogP contribution in [0.5, 0.6) is 0 Å². The predicted molar refractivity (Wildman–Crippen MR) is 74.8 cm³/mol. The Morgan fingerprint density at radius 1 is 1.33 bits per heavy atom. The van der Waals surface area contributed by atoms with Crippen molar-refractivity contribution in [3.05, 3.63) is 0 Å². The van der Waals surface area contributed by atoms with Crippen molar-refractivity contribution < 1.29 is 5.11 Å². The number of hydrogen-bond acceptors (Lipinski definition) is 4. The first-order chi connectivity index (χ1) is 8.52. The lowest BCUT2D eigenvalue weighted by Crippen LogP contribution is -2.49. The molecule has 1 aliphatic carbocycles. The maximum absolute atomic E-state index is 9.59. The van der Waals surface area contributed by atoms with Crippen molar-refractivity contribution in [2.24, 2.45) is 0 Å². The van der Waals surface area contributed by atoms with Crippen LogP contribution in [-0.4, -0.2) is 72.9 Å². The number of aliphatic hydroxyl groups is 1. The summed E-state index contributed by atoms with van der Waals surface area (Å²) < 4.78 is 0. The van der Waals surface area contributed by atoms with Crippen LogP contribution in [0.3, 0.4) is 0 Å². The highest BCUT2D eigenvalue weighted by molar-refractivity contribution is 4.93. The average Bonchev–Trinajstić information content (AvgIpc) is 3.00. The van der Waals surface area contributed by atoms with Crippen molar-refractivity contribution >= 4 is 0 Å². The summed E-state index contributed by atoms with van der Waals surface area (Å²) in [6, 6.07) is 1.37. The molecule has 2 N–H and O–H groups in total. The quantitative estimate of drug-likeness (QED) is 0.695. The van der Waals surface area contributed by atoms with Gasteiger partial charge in [0.05, 0.1) is 6.61 Å². The summed E-state index contributed by atoms with van der Waals surface area (Å²) >= 11 is 0. The minimum atomic E-state index is -0.0859. The van der Waals surface area contributed by atoms with E-state index in [1.807, 2.05) is 0 Å². The van der Waals surface area contributed by atoms with Gasteiger partial charge in [0.15, 0.2) is 0 Å². The van der Waals surface area contributed by atoms with Crippen LogP contribution in [-0.2, 0) is 0 Å². The van der Waals surface area contributed by atoms with Crippen molar-refractivity contribution in [2.75, 3.05) is 40.3 Å². The minimum absolute atomic E-state index is 0.0859. The highest BCUT2D eigenvalue weighted by Gasteiger charge is 2.33. The summed E-state index contributed by atoms with van der Waals surface area (Å²) in [7, 11) is 4.33. The van der Waals surface area contributed by atoms with Crippen molar-refractivity contribution in [2.45, 2.75) is 50.2 Å². The first-order valence-electron chi connectivity index (χ1n) is 7.30. The fourth-order valence-electron chi connectivity index (χ4n) is 2.76. The second kappa shape index (κ2) is 5.87. The third kappa shape index (κ3) is 3.92. The third-order valence-electron chi connectivity index (χ3n) is 4.44. The minimum Gasteiger partial charge on any atom is -0.394 e. The van der Waals surface area contributed by atoms with Gasteiger partial charge >= 0.3 is 0 Å². The fraction of sp³-hybridized carbons (Fsp3) is 1.00. The van der Waals surface area contributed by atoms with Gasteiger partial charge in [0.1, 0.15) is 0 Å². The largest absolute Gasteiger partial charge is 0.394 e. The summed E-state index contributed by atoms with van der Waals surface area (Å²) in [5.74, 6) is 0. The van der Waals surface area contributed by atoms with E-state index in [-0.39, 0.29) is 12.1 Å². The average molecular weight is 255 g/mol. The van der Waals surface area contributed by atoms with Crippen LogP contribution in [0.25, 0.3) is 0 Å². The zero-order valence-corrected chi connectivity index (χ0v) is 12.2. The predicted octanol–water partition coefficient (Wildman–Crippen LogP) is 0.515. The molecule has 0 aromatic heterocycles. The second-order valence-electron chi connectivity index (χ2n) is 6.59. The molecule has 1 saturated carbocycles. The molecule has 2 aliphatic rings. The standard InChI is InChI=1S/C14H29N3O/c1-14(11-18,15-12-4-5-12)7-9-17-8-6-13(10-17)16(2)3/h12-13,15,18H,4-11H2,1-3H3. The van der Waals surface area contributed by atoms with Crippen molar-refractivity contribution in [1.82, 2.24) is 15.1 Å². The number of rotatable bonds is 7. The molecule has 4 nitrogen and oxygen atoms in total. The van der Waals surface area contributed by atoms with Crippen molar-refractivity contribution in [1.29, 1.82) is 0 Å². The highest BCUT2D eigenvalue weighted by Crippen LogP contribution is 2.24. The molecule has 0 aromatic carbocycles. The molecular formula is C14H29N3O. The first-order valence-corrected chi connectivity index (χ1v) is 7.30. The van der Waals surface area contributed by atoms with Crippen LogP contribution in [0.1, 0.15) is 32.6 Å². The topological polar surface area (TPSA) is 38.7 Å². The molecule has 2 atom stereocenters. The number of aliphatic hydroxyl groups excluding tert-OH is 1. The Bertz CT molecular complexity index is 268. The van der Waals surface area contributed by atoms with E-state index in [2.05, 4.69) is 36.1 Å². The van der Waals surface area contributed by atoms with Crippen LogP contribution in [0.2, 0.25) is 0 Å². The number of likely N-dealkylation sites (N-methyl/N-ethyl adjacent to an activating group) is 1. The van der Waals surface area contributed by atoms with Crippen molar-refractivity contribution in [3.8, 4) is 0 Å². The molecule has 0 spiro atoms. The molecule has 0 radical (unpaired) electrons. The molecule has 106 valence electrons. The van der Waals surface area contributed by atoms with Gasteiger partial charge in [-0.2, -0.15) is 0 Å². The zero-order chi connectivity index (χ0) is 13.2. The lowest BCUT2D eigenvalue weighted by molar-refractivity contribution is 0.147. The van der Waals surface area contributed by atoms with E-state index in [1.165, 1.54) is 32.4 Å². The van der Waals surface area contributed by atoms with Gasteiger partial charge < -0.3 is 20.2 Å². The molecule has 2 rings (SSSR count). The van der Waals surface area contributed by atoms with Crippen molar-refractivity contribution in [3.63, 3.8) is 0 Å². The van der Waals surface area contributed by atoms with Crippen LogP contribution in [0, 0.1) is 0 Å². The molecule has 1 aliphatic heterocycles. The van der Waals surface area contributed by atoms with Crippen LogP contribution in [0.15, 0.2) is 0 Å². The van der Waals surface area contributed by atoms with E-state index < -0.39 is 0 Å². The van der Waals surface area contributed by atoms with Gasteiger partial charge in [-0.1, -0.05) is 0 Å². The van der Waals surface area contributed by atoms with Gasteiger partial charge in [0.25, 0.3) is 0 Å². The van der Waals surface area contributed by atoms with Crippen LogP contribution < -0.4 is 5.32 Å². The smallest absolute Gasteiger partial charge is 0.0611 e. The Balaban J connectivity index is 1.72. The molecule has 18 heavy (non-hydrogen) atoms. The Hall–Kier alpha value is -0.160. The maximum atomic E-state index is 9.59. The number of nitrogens with one attached hydrogen (secondary N) is 1. The monoisotopic (exact) mass is 255 g/mol. The second-order valence-corrected chi connectivity index (χ2v) is 6.59. The van der Waals surface area contributed by atoms with Gasteiger partial charge in [-0.15, -0.1) is 0 Å². The lowest BCUT2D eigenvalue weighted by Gasteiger charge is -2.31. The SMILES string of the molecule is CN(C)C1CCN(CCC(C)(CO)NC2CC2)C1. The van der Waals surface area contributed by atoms with Gasteiger partial charge in [-0.05, 0) is 53.2 Å². The van der Waals surface area contributed by atoms with Gasteiger partial charge in [-0.25, -0.2) is 0 Å². The third-order valence-corrected chi connectivity index (χ3v) is 4.44. The normalized spacial score (nSPS) is 28.8. The Morgan fingerprint density at radius 2 is 2.06 bits per heavy atom. The first kappa shape index (κ1) is 14.3. The van der Waals surface area contributed by atoms with Crippen LogP contribution in [0.4, 0.5) is 0 Å². The molecule has 2 unspecified atom stereocenters. The molecule has 0 amide bonds.